The monoisotopic (exact) mass is 343 g/mol. The zero-order chi connectivity index (χ0) is 17.4. The lowest BCUT2D eigenvalue weighted by Gasteiger charge is -2.33. The first-order chi connectivity index (χ1) is 12.1. The summed E-state index contributed by atoms with van der Waals surface area (Å²) in [6.07, 6.45) is 2.03. The molecule has 0 unspecified atom stereocenters. The van der Waals surface area contributed by atoms with Gasteiger partial charge < -0.3 is 15.0 Å². The Morgan fingerprint density at radius 3 is 3.08 bits per heavy atom. The molecule has 3 aliphatic heterocycles. The summed E-state index contributed by atoms with van der Waals surface area (Å²) in [4.78, 5) is 29.1. The minimum Gasteiger partial charge on any atom is -0.378 e. The highest BCUT2D eigenvalue weighted by atomic mass is 16.5. The Balaban J connectivity index is 1.49. The van der Waals surface area contributed by atoms with Gasteiger partial charge in [-0.3, -0.25) is 14.5 Å². The number of carbonyl (C=O) groups excluding carboxylic acids is 2. The molecule has 2 amide bonds. The molecule has 4 rings (SSSR count). The first kappa shape index (κ1) is 16.5. The number of carbonyl (C=O) groups is 2. The van der Waals surface area contributed by atoms with E-state index in [4.69, 9.17) is 4.74 Å². The van der Waals surface area contributed by atoms with Crippen LogP contribution in [0.2, 0.25) is 0 Å². The van der Waals surface area contributed by atoms with Gasteiger partial charge in [-0.1, -0.05) is 17.7 Å². The molecule has 2 saturated heterocycles. The Hall–Kier alpha value is -1.92. The molecular weight excluding hydrogens is 318 g/mol. The van der Waals surface area contributed by atoms with E-state index in [1.54, 1.807) is 0 Å². The van der Waals surface area contributed by atoms with Gasteiger partial charge in [0.15, 0.2) is 0 Å². The number of aryl methyl sites for hydroxylation is 2. The van der Waals surface area contributed by atoms with Crippen molar-refractivity contribution in [3.05, 3.63) is 29.3 Å². The molecule has 2 atom stereocenters. The summed E-state index contributed by atoms with van der Waals surface area (Å²) in [6, 6.07) is 6.30. The molecule has 1 N–H and O–H groups in total. The molecule has 2 fully saturated rings. The molecule has 134 valence electrons. The zero-order valence-electron chi connectivity index (χ0n) is 14.7. The van der Waals surface area contributed by atoms with Crippen molar-refractivity contribution in [3.8, 4) is 0 Å². The van der Waals surface area contributed by atoms with Crippen LogP contribution < -0.4 is 10.2 Å². The van der Waals surface area contributed by atoms with E-state index in [0.717, 1.165) is 25.1 Å². The number of hydrogen-bond donors (Lipinski definition) is 1. The minimum atomic E-state index is -0.184. The number of ether oxygens (including phenoxy) is 1. The van der Waals surface area contributed by atoms with Crippen molar-refractivity contribution in [2.45, 2.75) is 25.8 Å². The van der Waals surface area contributed by atoms with Crippen molar-refractivity contribution in [1.82, 2.24) is 10.2 Å². The van der Waals surface area contributed by atoms with E-state index in [2.05, 4.69) is 35.3 Å². The average molecular weight is 343 g/mol. The highest BCUT2D eigenvalue weighted by Crippen LogP contribution is 2.28. The lowest BCUT2D eigenvalue weighted by molar-refractivity contribution is -0.126. The first-order valence-electron chi connectivity index (χ1n) is 9.10. The van der Waals surface area contributed by atoms with Crippen LogP contribution in [0.4, 0.5) is 5.69 Å². The van der Waals surface area contributed by atoms with Crippen LogP contribution in [0.5, 0.6) is 0 Å². The largest absolute Gasteiger partial charge is 0.378 e. The number of fused-ring (bicyclic) bond motifs is 4. The minimum absolute atomic E-state index is 0.0240. The lowest BCUT2D eigenvalue weighted by Crippen LogP contribution is -2.47. The van der Waals surface area contributed by atoms with Crippen molar-refractivity contribution in [2.75, 3.05) is 44.3 Å². The molecule has 1 aromatic rings. The molecule has 1 aromatic carbocycles. The summed E-state index contributed by atoms with van der Waals surface area (Å²) >= 11 is 0. The van der Waals surface area contributed by atoms with Gasteiger partial charge in [0.1, 0.15) is 0 Å². The fourth-order valence-corrected chi connectivity index (χ4v) is 4.11. The molecule has 0 saturated carbocycles. The molecule has 0 aliphatic carbocycles. The fraction of sp³-hybridized carbons (Fsp3) is 0.579. The van der Waals surface area contributed by atoms with Gasteiger partial charge in [0.05, 0.1) is 31.7 Å². The van der Waals surface area contributed by atoms with Crippen LogP contribution in [0.15, 0.2) is 18.2 Å². The van der Waals surface area contributed by atoms with E-state index in [1.165, 1.54) is 11.1 Å². The molecule has 25 heavy (non-hydrogen) atoms. The predicted octanol–water partition coefficient (Wildman–Crippen LogP) is 0.721. The molecule has 0 aromatic heterocycles. The Kier molecular flexibility index (Phi) is 4.48. The van der Waals surface area contributed by atoms with E-state index in [0.29, 0.717) is 32.8 Å². The maximum Gasteiger partial charge on any atom is 0.241 e. The molecular formula is C19H25N3O3. The Morgan fingerprint density at radius 1 is 1.32 bits per heavy atom. The van der Waals surface area contributed by atoms with Gasteiger partial charge in [0.2, 0.25) is 11.8 Å². The highest BCUT2D eigenvalue weighted by Gasteiger charge is 2.34. The van der Waals surface area contributed by atoms with Crippen molar-refractivity contribution in [2.24, 2.45) is 5.92 Å². The van der Waals surface area contributed by atoms with Gasteiger partial charge in [0.25, 0.3) is 0 Å². The molecule has 6 nitrogen and oxygen atoms in total. The number of benzene rings is 1. The molecule has 3 aliphatic rings. The normalized spacial score (nSPS) is 26.6. The average Bonchev–Trinajstić information content (AvgIpc) is 2.82. The molecule has 3 heterocycles. The SMILES string of the molecule is Cc1ccc2c(c1)CCCN2C(=O)CN1C[C@H]2COC[C@@H](C1)C(=O)N2. The van der Waals surface area contributed by atoms with Crippen LogP contribution in [0.3, 0.4) is 0 Å². The van der Waals surface area contributed by atoms with Crippen LogP contribution in [0.25, 0.3) is 0 Å². The van der Waals surface area contributed by atoms with Crippen LogP contribution in [0, 0.1) is 12.8 Å². The number of hydrogen-bond acceptors (Lipinski definition) is 4. The summed E-state index contributed by atoms with van der Waals surface area (Å²) in [5.41, 5.74) is 3.55. The van der Waals surface area contributed by atoms with Crippen LogP contribution in [-0.2, 0) is 20.7 Å². The lowest BCUT2D eigenvalue weighted by atomic mass is 9.99. The summed E-state index contributed by atoms with van der Waals surface area (Å²) < 4.78 is 5.55. The van der Waals surface area contributed by atoms with E-state index in [1.807, 2.05) is 4.90 Å². The second kappa shape index (κ2) is 6.77. The van der Waals surface area contributed by atoms with Crippen LogP contribution in [0.1, 0.15) is 17.5 Å². The molecule has 0 spiro atoms. The number of rotatable bonds is 2. The van der Waals surface area contributed by atoms with Crippen molar-refractivity contribution >= 4 is 17.5 Å². The Bertz CT molecular complexity index is 690. The predicted molar refractivity (Wildman–Crippen MR) is 94.5 cm³/mol. The highest BCUT2D eigenvalue weighted by molar-refractivity contribution is 5.96. The summed E-state index contributed by atoms with van der Waals surface area (Å²) in [5.74, 6) is -0.00835. The Labute approximate surface area is 148 Å². The van der Waals surface area contributed by atoms with Gasteiger partial charge in [0, 0.05) is 25.3 Å². The van der Waals surface area contributed by atoms with Gasteiger partial charge in [-0.25, -0.2) is 0 Å². The fourth-order valence-electron chi connectivity index (χ4n) is 4.11. The van der Waals surface area contributed by atoms with Crippen molar-refractivity contribution in [1.29, 1.82) is 0 Å². The third kappa shape index (κ3) is 3.41. The van der Waals surface area contributed by atoms with Crippen LogP contribution >= 0.6 is 0 Å². The maximum atomic E-state index is 13.0. The van der Waals surface area contributed by atoms with Crippen molar-refractivity contribution < 1.29 is 14.3 Å². The summed E-state index contributed by atoms with van der Waals surface area (Å²) in [6.45, 7) is 5.44. The zero-order valence-corrected chi connectivity index (χ0v) is 14.7. The second-order valence-corrected chi connectivity index (χ2v) is 7.42. The number of nitrogens with zero attached hydrogens (tertiary/aromatic N) is 2. The second-order valence-electron chi connectivity index (χ2n) is 7.42. The standard InChI is InChI=1S/C19H25N3O3/c1-13-4-5-17-14(7-13)3-2-6-22(17)18(23)10-21-8-15-11-25-12-16(9-21)20-19(15)24/h4-5,7,15-16H,2-3,6,8-12H2,1H3,(H,20,24)/t15-,16+/m1/s1. The number of anilines is 1. The number of nitrogens with one attached hydrogen (secondary N) is 1. The maximum absolute atomic E-state index is 13.0. The molecule has 2 bridgehead atoms. The summed E-state index contributed by atoms with van der Waals surface area (Å²) in [7, 11) is 0. The first-order valence-corrected chi connectivity index (χ1v) is 9.10. The van der Waals surface area contributed by atoms with E-state index in [-0.39, 0.29) is 23.8 Å². The van der Waals surface area contributed by atoms with Gasteiger partial charge in [-0.15, -0.1) is 0 Å². The van der Waals surface area contributed by atoms with E-state index < -0.39 is 0 Å². The number of amides is 2. The quantitative estimate of drug-likeness (QED) is 0.860. The van der Waals surface area contributed by atoms with Crippen LogP contribution in [-0.4, -0.2) is 62.1 Å². The van der Waals surface area contributed by atoms with Gasteiger partial charge in [-0.2, -0.15) is 0 Å². The topological polar surface area (TPSA) is 61.9 Å². The van der Waals surface area contributed by atoms with E-state index in [9.17, 15) is 9.59 Å². The van der Waals surface area contributed by atoms with E-state index >= 15 is 0 Å². The van der Waals surface area contributed by atoms with Crippen molar-refractivity contribution in [3.63, 3.8) is 0 Å². The van der Waals surface area contributed by atoms with Gasteiger partial charge >= 0.3 is 0 Å². The van der Waals surface area contributed by atoms with Gasteiger partial charge in [-0.05, 0) is 31.4 Å². The Morgan fingerprint density at radius 2 is 2.20 bits per heavy atom. The third-order valence-corrected chi connectivity index (χ3v) is 5.33. The smallest absolute Gasteiger partial charge is 0.241 e. The molecule has 6 heteroatoms. The molecule has 0 radical (unpaired) electrons. The third-order valence-electron chi connectivity index (χ3n) is 5.33. The summed E-state index contributed by atoms with van der Waals surface area (Å²) in [5, 5.41) is 3.01.